The first kappa shape index (κ1) is 10.9. The molecule has 0 aromatic carbocycles. The molecule has 2 atom stereocenters. The van der Waals surface area contributed by atoms with Crippen molar-refractivity contribution in [3.63, 3.8) is 0 Å². The molecular formula is C9H18N2OS. The van der Waals surface area contributed by atoms with E-state index in [-0.39, 0.29) is 11.9 Å². The zero-order valence-corrected chi connectivity index (χ0v) is 9.14. The molecule has 1 amide bonds. The van der Waals surface area contributed by atoms with Crippen LogP contribution in [0.5, 0.6) is 0 Å². The van der Waals surface area contributed by atoms with E-state index in [9.17, 15) is 4.79 Å². The van der Waals surface area contributed by atoms with E-state index in [0.717, 1.165) is 25.1 Å². The van der Waals surface area contributed by atoms with Gasteiger partial charge in [-0.1, -0.05) is 0 Å². The summed E-state index contributed by atoms with van der Waals surface area (Å²) in [6.45, 7) is 2.66. The average molecular weight is 202 g/mol. The number of carbonyl (C=O) groups excluding carboxylic acids is 1. The summed E-state index contributed by atoms with van der Waals surface area (Å²) in [6.07, 6.45) is 4.34. The van der Waals surface area contributed by atoms with Crippen molar-refractivity contribution in [1.29, 1.82) is 0 Å². The SMILES string of the molecule is CSCC1CCCN1C(=O)C(C)N. The molecule has 1 rings (SSSR count). The molecule has 0 aliphatic carbocycles. The van der Waals surface area contributed by atoms with Gasteiger partial charge in [0, 0.05) is 18.3 Å². The van der Waals surface area contributed by atoms with E-state index in [1.807, 2.05) is 4.90 Å². The second kappa shape index (κ2) is 4.86. The van der Waals surface area contributed by atoms with E-state index in [1.165, 1.54) is 0 Å². The fourth-order valence-corrected chi connectivity index (χ4v) is 2.48. The number of hydrogen-bond donors (Lipinski definition) is 1. The molecule has 0 bridgehead atoms. The fraction of sp³-hybridized carbons (Fsp3) is 0.889. The predicted octanol–water partition coefficient (Wildman–Crippen LogP) is 0.688. The first-order chi connectivity index (χ1) is 6.16. The summed E-state index contributed by atoms with van der Waals surface area (Å²) < 4.78 is 0. The van der Waals surface area contributed by atoms with Crippen LogP contribution in [-0.4, -0.2) is 41.4 Å². The Hall–Kier alpha value is -0.220. The van der Waals surface area contributed by atoms with Crippen LogP contribution in [0.3, 0.4) is 0 Å². The van der Waals surface area contributed by atoms with Gasteiger partial charge in [-0.3, -0.25) is 4.79 Å². The summed E-state index contributed by atoms with van der Waals surface area (Å²) in [4.78, 5) is 13.6. The summed E-state index contributed by atoms with van der Waals surface area (Å²) in [5, 5.41) is 0. The standard InChI is InChI=1S/C9H18N2OS/c1-7(10)9(12)11-5-3-4-8(11)6-13-2/h7-8H,3-6,10H2,1-2H3. The van der Waals surface area contributed by atoms with E-state index in [2.05, 4.69) is 6.26 Å². The number of carbonyl (C=O) groups is 1. The lowest BCUT2D eigenvalue weighted by molar-refractivity contribution is -0.132. The Labute approximate surface area is 84.0 Å². The number of likely N-dealkylation sites (tertiary alicyclic amines) is 1. The highest BCUT2D eigenvalue weighted by Crippen LogP contribution is 2.20. The maximum Gasteiger partial charge on any atom is 0.239 e. The van der Waals surface area contributed by atoms with Crippen LogP contribution in [-0.2, 0) is 4.79 Å². The Morgan fingerprint density at radius 3 is 3.00 bits per heavy atom. The molecule has 3 nitrogen and oxygen atoms in total. The molecule has 0 saturated carbocycles. The summed E-state index contributed by atoms with van der Waals surface area (Å²) in [7, 11) is 0. The van der Waals surface area contributed by atoms with Crippen molar-refractivity contribution in [3.8, 4) is 0 Å². The molecule has 1 saturated heterocycles. The van der Waals surface area contributed by atoms with Gasteiger partial charge in [0.25, 0.3) is 0 Å². The van der Waals surface area contributed by atoms with Crippen LogP contribution in [0.4, 0.5) is 0 Å². The minimum atomic E-state index is -0.345. The molecule has 0 aromatic rings. The Morgan fingerprint density at radius 1 is 1.77 bits per heavy atom. The number of amides is 1. The zero-order chi connectivity index (χ0) is 9.84. The van der Waals surface area contributed by atoms with Crippen LogP contribution in [0, 0.1) is 0 Å². The highest BCUT2D eigenvalue weighted by Gasteiger charge is 2.29. The van der Waals surface area contributed by atoms with Gasteiger partial charge in [-0.2, -0.15) is 11.8 Å². The van der Waals surface area contributed by atoms with Crippen LogP contribution in [0.25, 0.3) is 0 Å². The monoisotopic (exact) mass is 202 g/mol. The molecule has 1 fully saturated rings. The highest BCUT2D eigenvalue weighted by atomic mass is 32.2. The van der Waals surface area contributed by atoms with Gasteiger partial charge in [-0.25, -0.2) is 0 Å². The van der Waals surface area contributed by atoms with Gasteiger partial charge < -0.3 is 10.6 Å². The fourth-order valence-electron chi connectivity index (χ4n) is 1.75. The summed E-state index contributed by atoms with van der Waals surface area (Å²) in [5.41, 5.74) is 5.58. The van der Waals surface area contributed by atoms with Crippen molar-refractivity contribution >= 4 is 17.7 Å². The molecule has 13 heavy (non-hydrogen) atoms. The van der Waals surface area contributed by atoms with E-state index in [0.29, 0.717) is 6.04 Å². The van der Waals surface area contributed by atoms with Crippen molar-refractivity contribution in [1.82, 2.24) is 4.90 Å². The predicted molar refractivity (Wildman–Crippen MR) is 56.8 cm³/mol. The Kier molecular flexibility index (Phi) is 4.06. The largest absolute Gasteiger partial charge is 0.338 e. The average Bonchev–Trinajstić information content (AvgIpc) is 2.52. The van der Waals surface area contributed by atoms with Crippen molar-refractivity contribution in [2.24, 2.45) is 5.73 Å². The maximum atomic E-state index is 11.6. The van der Waals surface area contributed by atoms with Crippen LogP contribution < -0.4 is 5.73 Å². The number of nitrogens with two attached hydrogens (primary N) is 1. The second-order valence-electron chi connectivity index (χ2n) is 3.57. The van der Waals surface area contributed by atoms with Crippen molar-refractivity contribution in [2.45, 2.75) is 31.8 Å². The lowest BCUT2D eigenvalue weighted by Gasteiger charge is -2.25. The minimum Gasteiger partial charge on any atom is -0.338 e. The van der Waals surface area contributed by atoms with Crippen LogP contribution in [0.1, 0.15) is 19.8 Å². The van der Waals surface area contributed by atoms with Crippen molar-refractivity contribution in [2.75, 3.05) is 18.6 Å². The number of hydrogen-bond acceptors (Lipinski definition) is 3. The molecule has 76 valence electrons. The minimum absolute atomic E-state index is 0.108. The van der Waals surface area contributed by atoms with Crippen molar-refractivity contribution in [3.05, 3.63) is 0 Å². The lowest BCUT2D eigenvalue weighted by atomic mass is 10.2. The number of nitrogens with zero attached hydrogens (tertiary/aromatic N) is 1. The first-order valence-corrected chi connectivity index (χ1v) is 6.11. The quantitative estimate of drug-likeness (QED) is 0.732. The van der Waals surface area contributed by atoms with Crippen molar-refractivity contribution < 1.29 is 4.79 Å². The van der Waals surface area contributed by atoms with Gasteiger partial charge >= 0.3 is 0 Å². The van der Waals surface area contributed by atoms with Crippen LogP contribution in [0.15, 0.2) is 0 Å². The van der Waals surface area contributed by atoms with Gasteiger partial charge in [-0.15, -0.1) is 0 Å². The van der Waals surface area contributed by atoms with Crippen LogP contribution in [0.2, 0.25) is 0 Å². The summed E-state index contributed by atoms with van der Waals surface area (Å²) in [6, 6.07) is 0.0796. The molecule has 1 aliphatic heterocycles. The highest BCUT2D eigenvalue weighted by molar-refractivity contribution is 7.98. The third-order valence-corrected chi connectivity index (χ3v) is 3.13. The Balaban J connectivity index is 2.52. The molecule has 1 aliphatic rings. The smallest absolute Gasteiger partial charge is 0.239 e. The summed E-state index contributed by atoms with van der Waals surface area (Å²) in [5.74, 6) is 1.15. The van der Waals surface area contributed by atoms with Gasteiger partial charge in [0.15, 0.2) is 0 Å². The molecule has 2 N–H and O–H groups in total. The third kappa shape index (κ3) is 2.61. The number of thioether (sulfide) groups is 1. The van der Waals surface area contributed by atoms with E-state index in [4.69, 9.17) is 5.73 Å². The van der Waals surface area contributed by atoms with E-state index in [1.54, 1.807) is 18.7 Å². The Bertz CT molecular complexity index is 184. The Morgan fingerprint density at radius 2 is 2.46 bits per heavy atom. The van der Waals surface area contributed by atoms with Gasteiger partial charge in [0.2, 0.25) is 5.91 Å². The third-order valence-electron chi connectivity index (χ3n) is 2.41. The van der Waals surface area contributed by atoms with Gasteiger partial charge in [0.1, 0.15) is 0 Å². The molecule has 2 unspecified atom stereocenters. The molecule has 0 aromatic heterocycles. The number of rotatable bonds is 3. The normalized spacial score (nSPS) is 24.8. The lowest BCUT2D eigenvalue weighted by Crippen LogP contribution is -2.45. The van der Waals surface area contributed by atoms with Gasteiger partial charge in [0.05, 0.1) is 6.04 Å². The maximum absolute atomic E-state index is 11.6. The topological polar surface area (TPSA) is 46.3 Å². The van der Waals surface area contributed by atoms with E-state index >= 15 is 0 Å². The summed E-state index contributed by atoms with van der Waals surface area (Å²) >= 11 is 1.80. The molecule has 1 heterocycles. The van der Waals surface area contributed by atoms with E-state index < -0.39 is 0 Å². The molecule has 0 radical (unpaired) electrons. The van der Waals surface area contributed by atoms with Gasteiger partial charge in [-0.05, 0) is 26.0 Å². The molecule has 0 spiro atoms. The molecule has 4 heteroatoms. The first-order valence-electron chi connectivity index (χ1n) is 4.71. The molecular weight excluding hydrogens is 184 g/mol. The zero-order valence-electron chi connectivity index (χ0n) is 8.32. The van der Waals surface area contributed by atoms with Crippen LogP contribution >= 0.6 is 11.8 Å². The second-order valence-corrected chi connectivity index (χ2v) is 4.48.